The van der Waals surface area contributed by atoms with Crippen molar-refractivity contribution in [3.8, 4) is 0 Å². The number of phosphoric acid groups is 3. The van der Waals surface area contributed by atoms with Crippen LogP contribution in [0.1, 0.15) is 0 Å². The molecule has 16 heavy (non-hydrogen) atoms. The zero-order chi connectivity index (χ0) is 13.5. The number of hydrogen-bond donors (Lipinski definition) is 6. The molecule has 16 heteroatoms. The molecule has 0 rings (SSSR count). The Morgan fingerprint density at radius 2 is 0.562 bits per heavy atom. The summed E-state index contributed by atoms with van der Waals surface area (Å²) in [6.07, 6.45) is 0. The maximum absolute atomic E-state index is 8.77. The smallest absolute Gasteiger partial charge is 0.756 e. The van der Waals surface area contributed by atoms with Crippen molar-refractivity contribution in [3.63, 3.8) is 0 Å². The van der Waals surface area contributed by atoms with Gasteiger partial charge in [0.1, 0.15) is 0 Å². The molecule has 0 aromatic rings. The maximum Gasteiger partial charge on any atom is 3.00 e. The Balaban J connectivity index is -0.0000000655. The van der Waals surface area contributed by atoms with Crippen molar-refractivity contribution in [2.24, 2.45) is 0 Å². The third kappa shape index (κ3) is 16600. The Morgan fingerprint density at radius 3 is 0.562 bits per heavy atom. The fourth-order valence-corrected chi connectivity index (χ4v) is 0. The molecule has 0 bridgehead atoms. The second-order valence-electron chi connectivity index (χ2n) is 1.47. The topological polar surface area (TPSA) is 242 Å². The molecule has 0 atom stereocenters. The second-order valence-corrected chi connectivity index (χ2v) is 4.42. The predicted octanol–water partition coefficient (Wildman–Crippen LogP) is -5.06. The molecule has 0 aromatic heterocycles. The number of rotatable bonds is 0. The molecular weight excluding hydrogens is 296 g/mol. The van der Waals surface area contributed by atoms with Gasteiger partial charge >= 0.3 is 8.41 Å². The molecule has 0 aliphatic heterocycles. The Bertz CT molecular complexity index is 202. The number of hydrogen-bond acceptors (Lipinski definition) is 6. The average molecular weight is 302 g/mol. The van der Waals surface area contributed by atoms with Gasteiger partial charge in [0.25, 0.3) is 23.5 Å². The molecule has 0 aliphatic rings. The quantitative estimate of drug-likeness (QED) is 0.182. The maximum atomic E-state index is 8.77. The van der Waals surface area contributed by atoms with Crippen LogP contribution in [0.25, 0.3) is 0 Å². The van der Waals surface area contributed by atoms with Gasteiger partial charge in [-0.3, -0.25) is 13.7 Å². The van der Waals surface area contributed by atoms with Crippen LogP contribution >= 0.6 is 23.5 Å². The minimum absolute atomic E-state index is 0. The van der Waals surface area contributed by atoms with E-state index < -0.39 is 23.5 Å². The van der Waals surface area contributed by atoms with Gasteiger partial charge in [0, 0.05) is 0 Å². The van der Waals surface area contributed by atoms with Gasteiger partial charge in [-0.1, -0.05) is 0 Å². The summed E-state index contributed by atoms with van der Waals surface area (Å²) in [5, 5.41) is 0. The Hall–Kier alpha value is 0.395. The van der Waals surface area contributed by atoms with Gasteiger partial charge in [0.2, 0.25) is 0 Å². The van der Waals surface area contributed by atoms with E-state index in [9.17, 15) is 0 Å². The van der Waals surface area contributed by atoms with E-state index in [0.29, 0.717) is 0 Å². The van der Waals surface area contributed by atoms with Crippen molar-refractivity contribution >= 4 is 31.9 Å². The fourth-order valence-electron chi connectivity index (χ4n) is 0. The third-order valence-corrected chi connectivity index (χ3v) is 0. The first-order valence-corrected chi connectivity index (χ1v) is 6.89. The van der Waals surface area contributed by atoms with Crippen molar-refractivity contribution in [2.45, 2.75) is 0 Å². The molecule has 0 fully saturated rings. The first-order chi connectivity index (χ1) is 6.00. The van der Waals surface area contributed by atoms with E-state index in [1.165, 1.54) is 0 Å². The molecule has 6 N–H and O–H groups in total. The minimum atomic E-state index is -4.89. The van der Waals surface area contributed by atoms with E-state index in [-0.39, 0.29) is 8.41 Å². The van der Waals surface area contributed by atoms with Gasteiger partial charge in [-0.2, -0.15) is 0 Å². The molecule has 96 valence electrons. The molecule has 0 spiro atoms. The normalized spacial score (nSPS) is 11.1. The van der Waals surface area contributed by atoms with E-state index in [2.05, 4.69) is 0 Å². The largest absolute Gasteiger partial charge is 3.00 e. The van der Waals surface area contributed by atoms with E-state index in [1.807, 2.05) is 0 Å². The van der Waals surface area contributed by atoms with Gasteiger partial charge < -0.3 is 44.0 Å². The van der Waals surface area contributed by atoms with Gasteiger partial charge in [0.05, 0.1) is 0 Å². The molecule has 0 aliphatic carbocycles. The van der Waals surface area contributed by atoms with Crippen LogP contribution in [0, 0.1) is 0 Å². The van der Waals surface area contributed by atoms with Crippen LogP contribution in [0.15, 0.2) is 0 Å². The first kappa shape index (κ1) is 25.3. The molecule has 0 aromatic carbocycles. The first-order valence-electron chi connectivity index (χ1n) is 2.30. The van der Waals surface area contributed by atoms with Crippen molar-refractivity contribution in [1.29, 1.82) is 0 Å². The SMILES string of the molecule is O=P([O-])(O)O.O=P([O-])(O)O.O=P([O-])(O)O.[B+3]. The predicted molar refractivity (Wildman–Crippen MR) is 41.9 cm³/mol. The zero-order valence-corrected chi connectivity index (χ0v) is 9.74. The summed E-state index contributed by atoms with van der Waals surface area (Å²) in [4.78, 5) is 68.8. The fraction of sp³-hybridized carbons (Fsp3) is 0. The van der Waals surface area contributed by atoms with Crippen LogP contribution in [-0.2, 0) is 13.7 Å². The summed E-state index contributed by atoms with van der Waals surface area (Å²) in [5.74, 6) is 0. The van der Waals surface area contributed by atoms with Gasteiger partial charge in [-0.15, -0.1) is 0 Å². The van der Waals surface area contributed by atoms with Crippen LogP contribution in [0.5, 0.6) is 0 Å². The summed E-state index contributed by atoms with van der Waals surface area (Å²) < 4.78 is 26.3. The van der Waals surface area contributed by atoms with Gasteiger partial charge in [0.15, 0.2) is 0 Å². The summed E-state index contributed by atoms with van der Waals surface area (Å²) in [5.41, 5.74) is 0. The van der Waals surface area contributed by atoms with E-state index in [0.717, 1.165) is 0 Å². The van der Waals surface area contributed by atoms with E-state index in [1.54, 1.807) is 0 Å². The summed E-state index contributed by atoms with van der Waals surface area (Å²) in [6, 6.07) is 0. The molecule has 0 saturated heterocycles. The van der Waals surface area contributed by atoms with E-state index in [4.69, 9.17) is 57.7 Å². The Kier molecular flexibility index (Phi) is 14.9. The van der Waals surface area contributed by atoms with Crippen LogP contribution in [0.3, 0.4) is 0 Å². The van der Waals surface area contributed by atoms with Crippen LogP contribution < -0.4 is 14.7 Å². The van der Waals surface area contributed by atoms with Gasteiger partial charge in [-0.05, 0) is 0 Å². The monoisotopic (exact) mass is 302 g/mol. The van der Waals surface area contributed by atoms with Crippen LogP contribution in [-0.4, -0.2) is 37.8 Å². The molecule has 0 amide bonds. The summed E-state index contributed by atoms with van der Waals surface area (Å²) >= 11 is 0. The van der Waals surface area contributed by atoms with Crippen molar-refractivity contribution in [3.05, 3.63) is 0 Å². The standard InChI is InChI=1S/B.3H3O4P/c;3*1-5(2,3)4/h;3*(H3,1,2,3,4)/q+3;;;/p-3. The van der Waals surface area contributed by atoms with Crippen molar-refractivity contribution in [2.75, 3.05) is 0 Å². The minimum Gasteiger partial charge on any atom is -0.756 e. The van der Waals surface area contributed by atoms with E-state index >= 15 is 0 Å². The molecule has 0 unspecified atom stereocenters. The Morgan fingerprint density at radius 1 is 0.562 bits per heavy atom. The van der Waals surface area contributed by atoms with Gasteiger partial charge in [-0.25, -0.2) is 0 Å². The van der Waals surface area contributed by atoms with Crippen molar-refractivity contribution in [1.82, 2.24) is 0 Å². The molecule has 12 nitrogen and oxygen atoms in total. The molecule has 0 radical (unpaired) electrons. The molecular formula is H6BO12P3. The summed E-state index contributed by atoms with van der Waals surface area (Å²) in [7, 11) is -14.7. The Labute approximate surface area is 90.5 Å². The molecule has 0 heterocycles. The second kappa shape index (κ2) is 9.43. The third-order valence-electron chi connectivity index (χ3n) is 0. The molecule has 0 saturated carbocycles. The average Bonchev–Trinajstić information content (AvgIpc) is 1.41. The van der Waals surface area contributed by atoms with Crippen LogP contribution in [0.4, 0.5) is 0 Å². The van der Waals surface area contributed by atoms with Crippen LogP contribution in [0.2, 0.25) is 0 Å². The van der Waals surface area contributed by atoms with Crippen molar-refractivity contribution < 1.29 is 57.7 Å². The zero-order valence-electron chi connectivity index (χ0n) is 7.05. The summed E-state index contributed by atoms with van der Waals surface area (Å²) in [6.45, 7) is 0.